The van der Waals surface area contributed by atoms with Gasteiger partial charge in [0.25, 0.3) is 5.91 Å². The summed E-state index contributed by atoms with van der Waals surface area (Å²) in [4.78, 5) is 20.3. The van der Waals surface area contributed by atoms with Crippen molar-refractivity contribution in [2.45, 2.75) is 56.0 Å². The maximum absolute atomic E-state index is 13.6. The zero-order chi connectivity index (χ0) is 23.9. The highest BCUT2D eigenvalue weighted by Gasteiger charge is 2.36. The number of carbonyl (C=O) groups excluding carboxylic acids is 1. The minimum absolute atomic E-state index is 0.0605. The predicted molar refractivity (Wildman–Crippen MR) is 133 cm³/mol. The van der Waals surface area contributed by atoms with Gasteiger partial charge in [0.1, 0.15) is 15.7 Å². The van der Waals surface area contributed by atoms with Crippen LogP contribution in [-0.4, -0.2) is 54.8 Å². The number of amides is 1. The van der Waals surface area contributed by atoms with Gasteiger partial charge in [-0.15, -0.1) is 11.3 Å². The van der Waals surface area contributed by atoms with Crippen molar-refractivity contribution in [3.63, 3.8) is 0 Å². The minimum Gasteiger partial charge on any atom is -0.495 e. The van der Waals surface area contributed by atoms with Crippen LogP contribution in [0.15, 0.2) is 47.4 Å². The molecule has 0 unspecified atom stereocenters. The molecule has 1 aromatic heterocycles. The van der Waals surface area contributed by atoms with Gasteiger partial charge in [-0.1, -0.05) is 18.6 Å². The molecule has 9 heteroatoms. The summed E-state index contributed by atoms with van der Waals surface area (Å²) in [6.07, 6.45) is 4.42. The Kier molecular flexibility index (Phi) is 6.35. The topological polar surface area (TPSA) is 79.8 Å². The number of nitrogens with zero attached hydrogens (tertiary/aromatic N) is 3. The molecule has 180 valence electrons. The van der Waals surface area contributed by atoms with Gasteiger partial charge in [0.15, 0.2) is 0 Å². The van der Waals surface area contributed by atoms with Crippen molar-refractivity contribution in [3.05, 3.63) is 53.0 Å². The smallest absolute Gasteiger partial charge is 0.254 e. The Morgan fingerprint density at radius 2 is 1.91 bits per heavy atom. The summed E-state index contributed by atoms with van der Waals surface area (Å²) in [5.41, 5.74) is 1.30. The summed E-state index contributed by atoms with van der Waals surface area (Å²) in [6, 6.07) is 12.5. The van der Waals surface area contributed by atoms with Crippen LogP contribution < -0.4 is 4.74 Å². The molecule has 2 aliphatic heterocycles. The predicted octanol–water partition coefficient (Wildman–Crippen LogP) is 4.85. The second-order valence-corrected chi connectivity index (χ2v) is 11.9. The molecule has 0 bridgehead atoms. The highest BCUT2D eigenvalue weighted by molar-refractivity contribution is 7.89. The first kappa shape index (κ1) is 23.3. The second-order valence-electron chi connectivity index (χ2n) is 9.00. The number of para-hydroxylation sites is 1. The molecule has 0 aliphatic carbocycles. The van der Waals surface area contributed by atoms with E-state index in [4.69, 9.17) is 9.72 Å². The van der Waals surface area contributed by atoms with E-state index in [1.807, 2.05) is 36.1 Å². The number of piperidine rings is 1. The van der Waals surface area contributed by atoms with Gasteiger partial charge < -0.3 is 9.64 Å². The summed E-state index contributed by atoms with van der Waals surface area (Å²) in [6.45, 7) is 3.04. The van der Waals surface area contributed by atoms with Gasteiger partial charge in [-0.3, -0.25) is 4.79 Å². The molecule has 0 saturated carbocycles. The van der Waals surface area contributed by atoms with E-state index in [2.05, 4.69) is 0 Å². The number of hydrogen-bond acceptors (Lipinski definition) is 6. The van der Waals surface area contributed by atoms with Crippen molar-refractivity contribution < 1.29 is 17.9 Å². The summed E-state index contributed by atoms with van der Waals surface area (Å²) in [5.74, 6) is 0.0889. The molecule has 3 heterocycles. The largest absolute Gasteiger partial charge is 0.495 e. The van der Waals surface area contributed by atoms with Gasteiger partial charge in [-0.05, 0) is 62.9 Å². The van der Waals surface area contributed by atoms with E-state index in [9.17, 15) is 13.2 Å². The normalized spacial score (nSPS) is 21.8. The highest BCUT2D eigenvalue weighted by atomic mass is 32.2. The van der Waals surface area contributed by atoms with Gasteiger partial charge in [-0.25, -0.2) is 13.4 Å². The summed E-state index contributed by atoms with van der Waals surface area (Å²) in [7, 11) is -2.33. The van der Waals surface area contributed by atoms with Crippen LogP contribution >= 0.6 is 11.3 Å². The number of rotatable bonds is 5. The number of methoxy groups -OCH3 is 1. The Morgan fingerprint density at radius 1 is 1.09 bits per heavy atom. The van der Waals surface area contributed by atoms with Crippen molar-refractivity contribution in [1.82, 2.24) is 14.2 Å². The van der Waals surface area contributed by atoms with Crippen molar-refractivity contribution in [2.75, 3.05) is 20.2 Å². The first-order chi connectivity index (χ1) is 16.4. The number of aromatic nitrogens is 1. The number of fused-ring (bicyclic) bond motifs is 1. The van der Waals surface area contributed by atoms with Gasteiger partial charge >= 0.3 is 0 Å². The Morgan fingerprint density at radius 3 is 2.68 bits per heavy atom. The van der Waals surface area contributed by atoms with Crippen LogP contribution in [0.4, 0.5) is 0 Å². The lowest BCUT2D eigenvalue weighted by atomic mass is 10.1. The van der Waals surface area contributed by atoms with Gasteiger partial charge in [0, 0.05) is 24.7 Å². The first-order valence-corrected chi connectivity index (χ1v) is 14.0. The van der Waals surface area contributed by atoms with Gasteiger partial charge in [0.05, 0.1) is 23.4 Å². The number of hydrogen-bond donors (Lipinski definition) is 0. The molecule has 0 radical (unpaired) electrons. The number of carbonyl (C=O) groups is 1. The Labute approximate surface area is 204 Å². The molecule has 34 heavy (non-hydrogen) atoms. The molecule has 0 N–H and O–H groups in total. The molecule has 1 amide bonds. The standard InChI is InChI=1S/C25H29N3O4S2/c1-17-8-5-6-15-28(17)34(30,31)23-16-18(12-13-21(23)32-2)25(29)27-14-7-10-20(27)24-26-19-9-3-4-11-22(19)33-24/h3-4,9,11-13,16-17,20H,5-8,10,14-15H2,1-2H3/t17-,20-/m0/s1. The Bertz CT molecular complexity index is 1290. The zero-order valence-electron chi connectivity index (χ0n) is 19.4. The number of benzene rings is 2. The van der Waals surface area contributed by atoms with E-state index < -0.39 is 10.0 Å². The molecule has 2 aromatic carbocycles. The SMILES string of the molecule is COc1ccc(C(=O)N2CCC[C@H]2c2nc3ccccc3s2)cc1S(=O)(=O)N1CCCC[C@@H]1C. The van der Waals surface area contributed by atoms with Crippen molar-refractivity contribution >= 4 is 37.5 Å². The molecular formula is C25H29N3O4S2. The maximum Gasteiger partial charge on any atom is 0.254 e. The molecule has 7 nitrogen and oxygen atoms in total. The molecule has 2 atom stereocenters. The average Bonchev–Trinajstić information content (AvgIpc) is 3.50. The summed E-state index contributed by atoms with van der Waals surface area (Å²) < 4.78 is 35.2. The molecule has 0 spiro atoms. The van der Waals surface area contributed by atoms with Crippen LogP contribution in [0.25, 0.3) is 10.2 Å². The average molecular weight is 500 g/mol. The van der Waals surface area contributed by atoms with Crippen LogP contribution in [0.2, 0.25) is 0 Å². The molecule has 3 aromatic rings. The molecule has 2 aliphatic rings. The molecule has 5 rings (SSSR count). The van der Waals surface area contributed by atoms with Crippen LogP contribution in [0.3, 0.4) is 0 Å². The molecular weight excluding hydrogens is 470 g/mol. The van der Waals surface area contributed by atoms with Gasteiger partial charge in [0.2, 0.25) is 10.0 Å². The van der Waals surface area contributed by atoms with Crippen LogP contribution in [0.5, 0.6) is 5.75 Å². The fourth-order valence-corrected chi connectivity index (χ4v) is 8.03. The molecule has 2 fully saturated rings. The van der Waals surface area contributed by atoms with E-state index in [0.29, 0.717) is 18.7 Å². The van der Waals surface area contributed by atoms with E-state index in [-0.39, 0.29) is 28.6 Å². The first-order valence-electron chi connectivity index (χ1n) is 11.8. The number of likely N-dealkylation sites (tertiary alicyclic amines) is 1. The van der Waals surface area contributed by atoms with Crippen LogP contribution in [-0.2, 0) is 10.0 Å². The fourth-order valence-electron chi connectivity index (χ4n) is 5.03. The number of ether oxygens (including phenoxy) is 1. The van der Waals surface area contributed by atoms with Gasteiger partial charge in [-0.2, -0.15) is 4.31 Å². The van der Waals surface area contributed by atoms with Crippen LogP contribution in [0, 0.1) is 0 Å². The summed E-state index contributed by atoms with van der Waals surface area (Å²) >= 11 is 1.62. The lowest BCUT2D eigenvalue weighted by Gasteiger charge is -2.32. The van der Waals surface area contributed by atoms with E-state index in [1.165, 1.54) is 13.2 Å². The Hall–Kier alpha value is -2.49. The van der Waals surface area contributed by atoms with E-state index >= 15 is 0 Å². The monoisotopic (exact) mass is 499 g/mol. The third-order valence-electron chi connectivity index (χ3n) is 6.85. The van der Waals surface area contributed by atoms with E-state index in [0.717, 1.165) is 47.3 Å². The number of sulfonamides is 1. The quantitative estimate of drug-likeness (QED) is 0.502. The lowest BCUT2D eigenvalue weighted by molar-refractivity contribution is 0.0735. The fraction of sp³-hybridized carbons (Fsp3) is 0.440. The minimum atomic E-state index is -3.79. The molecule has 2 saturated heterocycles. The number of thiazole rings is 1. The summed E-state index contributed by atoms with van der Waals surface area (Å²) in [5, 5.41) is 0.926. The second kappa shape index (κ2) is 9.28. The third-order valence-corrected chi connectivity index (χ3v) is 10.0. The zero-order valence-corrected chi connectivity index (χ0v) is 21.1. The lowest BCUT2D eigenvalue weighted by Crippen LogP contribution is -2.42. The van der Waals surface area contributed by atoms with Crippen LogP contribution in [0.1, 0.15) is 60.4 Å². The van der Waals surface area contributed by atoms with Crippen molar-refractivity contribution in [2.24, 2.45) is 0 Å². The third kappa shape index (κ3) is 4.10. The highest BCUT2D eigenvalue weighted by Crippen LogP contribution is 2.38. The Balaban J connectivity index is 1.48. The van der Waals surface area contributed by atoms with E-state index in [1.54, 1.807) is 27.8 Å². The van der Waals surface area contributed by atoms with Crippen molar-refractivity contribution in [3.8, 4) is 5.75 Å². The maximum atomic E-state index is 13.6. The van der Waals surface area contributed by atoms with Crippen molar-refractivity contribution in [1.29, 1.82) is 0 Å².